The first-order valence-electron chi connectivity index (χ1n) is 21.0. The second-order valence-electron chi connectivity index (χ2n) is 16.7. The van der Waals surface area contributed by atoms with Gasteiger partial charge in [0, 0.05) is 38.2 Å². The van der Waals surface area contributed by atoms with E-state index in [2.05, 4.69) is 15.6 Å². The Bertz CT molecular complexity index is 2440. The number of aryl methyl sites for hydroxylation is 1. The van der Waals surface area contributed by atoms with Crippen LogP contribution in [0.4, 0.5) is 24.5 Å². The number of thiazole rings is 1. The lowest BCUT2D eigenvalue weighted by atomic mass is 9.85. The molecule has 20 heteroatoms. The number of nitrogens with one attached hydrogen (secondary N) is 2. The van der Waals surface area contributed by atoms with Crippen molar-refractivity contribution in [1.82, 2.24) is 20.5 Å². The summed E-state index contributed by atoms with van der Waals surface area (Å²) >= 11 is 7.02. The SMILES string of the molecule is Cc1ncsc1-c1ccc(CNC(=O)[C@@H]2C[C@@H](O)CN2C(=O)[C@@H](NC(=O)COCCOCCCOc2ccc(N3CC(=O)N(c4ccc(C#N)c(C(F)(F)F)c4)C3=S)cc2)C(C)(C)C)cc1. The Morgan fingerprint density at radius 3 is 2.35 bits per heavy atom. The number of nitriles is 1. The van der Waals surface area contributed by atoms with Gasteiger partial charge in [-0.25, -0.2) is 4.98 Å². The molecule has 0 aliphatic carbocycles. The van der Waals surface area contributed by atoms with Crippen molar-refractivity contribution >= 4 is 63.7 Å². The van der Waals surface area contributed by atoms with E-state index in [0.717, 1.165) is 38.7 Å². The summed E-state index contributed by atoms with van der Waals surface area (Å²) < 4.78 is 57.6. The first kappa shape index (κ1) is 49.5. The molecule has 0 bridgehead atoms. The van der Waals surface area contributed by atoms with Crippen LogP contribution in [-0.2, 0) is 41.4 Å². The molecule has 2 aliphatic rings. The van der Waals surface area contributed by atoms with Gasteiger partial charge in [0.2, 0.25) is 17.7 Å². The fourth-order valence-electron chi connectivity index (χ4n) is 7.40. The van der Waals surface area contributed by atoms with E-state index in [1.54, 1.807) is 61.9 Å². The van der Waals surface area contributed by atoms with Crippen LogP contribution in [0, 0.1) is 23.7 Å². The molecule has 2 fully saturated rings. The van der Waals surface area contributed by atoms with Crippen molar-refractivity contribution in [1.29, 1.82) is 5.26 Å². The van der Waals surface area contributed by atoms with Gasteiger partial charge in [-0.15, -0.1) is 11.3 Å². The number of alkyl halides is 3. The number of aliphatic hydroxyl groups excluding tert-OH is 1. The van der Waals surface area contributed by atoms with E-state index < -0.39 is 64.5 Å². The summed E-state index contributed by atoms with van der Waals surface area (Å²) in [7, 11) is 0. The van der Waals surface area contributed by atoms with Crippen molar-refractivity contribution in [2.24, 2.45) is 5.41 Å². The third-order valence-corrected chi connectivity index (χ3v) is 12.2. The lowest BCUT2D eigenvalue weighted by Crippen LogP contribution is -2.58. The minimum absolute atomic E-state index is 0.00913. The average Bonchev–Trinajstić information content (AvgIpc) is 3.98. The molecular formula is C46H50F3N7O8S2. The molecule has 3 aromatic carbocycles. The van der Waals surface area contributed by atoms with Crippen LogP contribution in [-0.4, -0.2) is 108 Å². The summed E-state index contributed by atoms with van der Waals surface area (Å²) in [5.74, 6) is -1.41. The summed E-state index contributed by atoms with van der Waals surface area (Å²) in [6, 6.07) is 17.1. The fourth-order valence-corrected chi connectivity index (χ4v) is 8.59. The third-order valence-electron chi connectivity index (χ3n) is 10.8. The molecule has 6 rings (SSSR count). The van der Waals surface area contributed by atoms with Gasteiger partial charge in [0.05, 0.1) is 64.9 Å². The van der Waals surface area contributed by atoms with Crippen LogP contribution in [0.3, 0.4) is 0 Å². The van der Waals surface area contributed by atoms with E-state index in [9.17, 15) is 37.5 Å². The number of benzene rings is 3. The largest absolute Gasteiger partial charge is 0.494 e. The molecule has 3 N–H and O–H groups in total. The Hall–Kier alpha value is -5.98. The van der Waals surface area contributed by atoms with Crippen LogP contribution in [0.2, 0.25) is 0 Å². The number of likely N-dealkylation sites (tertiary alicyclic amines) is 1. The van der Waals surface area contributed by atoms with Crippen LogP contribution >= 0.6 is 23.6 Å². The number of ether oxygens (including phenoxy) is 3. The zero-order chi connectivity index (χ0) is 47.8. The van der Waals surface area contributed by atoms with E-state index in [0.29, 0.717) is 31.1 Å². The van der Waals surface area contributed by atoms with Gasteiger partial charge in [-0.2, -0.15) is 18.4 Å². The predicted molar refractivity (Wildman–Crippen MR) is 243 cm³/mol. The number of rotatable bonds is 18. The molecule has 4 amide bonds. The van der Waals surface area contributed by atoms with Gasteiger partial charge in [0.25, 0.3) is 5.91 Å². The molecule has 0 saturated carbocycles. The zero-order valence-electron chi connectivity index (χ0n) is 36.7. The van der Waals surface area contributed by atoms with E-state index in [1.165, 1.54) is 21.9 Å². The molecule has 350 valence electrons. The van der Waals surface area contributed by atoms with Crippen LogP contribution in [0.5, 0.6) is 5.75 Å². The number of thiocarbonyl (C=S) groups is 1. The summed E-state index contributed by atoms with van der Waals surface area (Å²) in [5.41, 5.74) is 2.63. The van der Waals surface area contributed by atoms with Gasteiger partial charge in [-0.3, -0.25) is 24.1 Å². The maximum Gasteiger partial charge on any atom is 0.417 e. The number of anilines is 2. The first-order valence-corrected chi connectivity index (χ1v) is 22.3. The van der Waals surface area contributed by atoms with E-state index >= 15 is 0 Å². The minimum Gasteiger partial charge on any atom is -0.494 e. The highest BCUT2D eigenvalue weighted by atomic mass is 32.1. The summed E-state index contributed by atoms with van der Waals surface area (Å²) in [6.45, 7) is 7.93. The van der Waals surface area contributed by atoms with Crippen LogP contribution in [0.15, 0.2) is 72.2 Å². The van der Waals surface area contributed by atoms with Gasteiger partial charge in [-0.05, 0) is 78.1 Å². The van der Waals surface area contributed by atoms with E-state index in [-0.39, 0.29) is 56.7 Å². The highest BCUT2D eigenvalue weighted by Crippen LogP contribution is 2.36. The Labute approximate surface area is 389 Å². The number of aromatic nitrogens is 1. The van der Waals surface area contributed by atoms with Crippen LogP contribution < -0.4 is 25.2 Å². The Morgan fingerprint density at radius 1 is 1.00 bits per heavy atom. The second kappa shape index (κ2) is 21.5. The number of β-amino-alcohol motifs (C(OH)–C–C–N with tert-alkyl or cyclic N) is 1. The Kier molecular flexibility index (Phi) is 16.1. The standard InChI is InChI=1S/C46H50F3N7O8S2/c1-28-40(66-27-52-28)30-8-6-29(7-9-30)23-51-42(60)37-21-34(57)24-55(37)43(61)41(45(2,3)4)53-38(58)26-63-19-18-62-16-5-17-64-35-14-12-32(13-15-35)54-25-39(59)56(44(54)65)33-11-10-31(22-50)36(20-33)46(47,48)49/h6-15,20,27,34,37,41,57H,5,16-19,21,23-26H2,1-4H3,(H,51,60)(H,53,58)/t34-,37+,41-/m1/s1. The minimum atomic E-state index is -4.79. The third kappa shape index (κ3) is 12.3. The zero-order valence-corrected chi connectivity index (χ0v) is 38.4. The molecule has 66 heavy (non-hydrogen) atoms. The topological polar surface area (TPSA) is 187 Å². The summed E-state index contributed by atoms with van der Waals surface area (Å²) in [4.78, 5) is 62.4. The molecule has 0 spiro atoms. The van der Waals surface area contributed by atoms with Gasteiger partial charge < -0.3 is 39.8 Å². The molecule has 0 unspecified atom stereocenters. The lowest BCUT2D eigenvalue weighted by Gasteiger charge is -2.35. The molecule has 2 aliphatic heterocycles. The lowest BCUT2D eigenvalue weighted by molar-refractivity contribution is -0.144. The first-order chi connectivity index (χ1) is 31.3. The van der Waals surface area contributed by atoms with Gasteiger partial charge in [-0.1, -0.05) is 45.0 Å². The van der Waals surface area contributed by atoms with E-state index in [1.807, 2.05) is 31.2 Å². The quantitative estimate of drug-likeness (QED) is 0.0811. The molecule has 3 atom stereocenters. The molecule has 0 radical (unpaired) electrons. The Morgan fingerprint density at radius 2 is 1.70 bits per heavy atom. The molecular weight excluding hydrogens is 900 g/mol. The second-order valence-corrected chi connectivity index (χ2v) is 18.0. The fraction of sp³-hybridized carbons (Fsp3) is 0.413. The number of hydrogen-bond acceptors (Lipinski definition) is 12. The van der Waals surface area contributed by atoms with Gasteiger partial charge in [0.15, 0.2) is 5.11 Å². The number of nitrogens with zero attached hydrogens (tertiary/aromatic N) is 5. The monoisotopic (exact) mass is 949 g/mol. The number of aliphatic hydroxyl groups is 1. The van der Waals surface area contributed by atoms with Crippen LogP contribution in [0.1, 0.15) is 56.0 Å². The van der Waals surface area contributed by atoms with Crippen molar-refractivity contribution in [2.45, 2.75) is 71.4 Å². The maximum atomic E-state index is 13.9. The number of halogens is 3. The van der Waals surface area contributed by atoms with Crippen molar-refractivity contribution in [3.05, 3.63) is 94.6 Å². The normalized spacial score (nSPS) is 16.9. The summed E-state index contributed by atoms with van der Waals surface area (Å²) in [5, 5.41) is 25.3. The maximum absolute atomic E-state index is 13.9. The highest BCUT2D eigenvalue weighted by molar-refractivity contribution is 7.81. The summed E-state index contributed by atoms with van der Waals surface area (Å²) in [6.07, 6.45) is -5.10. The highest BCUT2D eigenvalue weighted by Gasteiger charge is 2.45. The van der Waals surface area contributed by atoms with Gasteiger partial charge in [0.1, 0.15) is 31.0 Å². The molecule has 2 saturated heterocycles. The average molecular weight is 950 g/mol. The molecule has 15 nitrogen and oxygen atoms in total. The van der Waals surface area contributed by atoms with Crippen molar-refractivity contribution in [3.8, 4) is 22.3 Å². The number of hydrogen-bond donors (Lipinski definition) is 3. The molecule has 1 aromatic heterocycles. The molecule has 3 heterocycles. The number of carbonyl (C=O) groups is 4. The van der Waals surface area contributed by atoms with Crippen molar-refractivity contribution < 1.29 is 51.7 Å². The molecule has 4 aromatic rings. The van der Waals surface area contributed by atoms with Gasteiger partial charge >= 0.3 is 6.18 Å². The number of amides is 4. The predicted octanol–water partition coefficient (Wildman–Crippen LogP) is 5.76. The van der Waals surface area contributed by atoms with E-state index in [4.69, 9.17) is 31.7 Å². The van der Waals surface area contributed by atoms with Crippen molar-refractivity contribution in [3.63, 3.8) is 0 Å². The van der Waals surface area contributed by atoms with Crippen LogP contribution in [0.25, 0.3) is 10.4 Å². The smallest absolute Gasteiger partial charge is 0.417 e. The van der Waals surface area contributed by atoms with Crippen molar-refractivity contribution in [2.75, 3.05) is 55.9 Å². The number of carbonyl (C=O) groups excluding carboxylic acids is 4. The Balaban J connectivity index is 0.882.